The lowest BCUT2D eigenvalue weighted by atomic mass is 10.1. The fourth-order valence-corrected chi connectivity index (χ4v) is 3.42. The molecule has 0 spiro atoms. The molecule has 2 rings (SSSR count). The highest BCUT2D eigenvalue weighted by atomic mass is 32.2. The Morgan fingerprint density at radius 3 is 2.30 bits per heavy atom. The van der Waals surface area contributed by atoms with Crippen molar-refractivity contribution in [2.45, 2.75) is 25.7 Å². The highest BCUT2D eigenvalue weighted by molar-refractivity contribution is 7.89. The standard InChI is InChI=1S/C19H23N3O4S/c1-12-5-6-13(2)16(9-12)21-18(23)11-22(4)19(24)15-8-7-14(3)17(10-15)27(20,25)26/h5-10H,11H2,1-4H3,(H,21,23)(H2,20,25,26). The maximum absolute atomic E-state index is 12.6. The van der Waals surface area contributed by atoms with Gasteiger partial charge in [0.1, 0.15) is 0 Å². The van der Waals surface area contributed by atoms with Crippen LogP contribution in [0.15, 0.2) is 41.3 Å². The minimum atomic E-state index is -3.94. The Balaban J connectivity index is 2.14. The van der Waals surface area contributed by atoms with Crippen molar-refractivity contribution in [2.75, 3.05) is 18.9 Å². The van der Waals surface area contributed by atoms with Crippen molar-refractivity contribution in [1.29, 1.82) is 0 Å². The van der Waals surface area contributed by atoms with Crippen LogP contribution in [0.1, 0.15) is 27.0 Å². The Morgan fingerprint density at radius 1 is 1.04 bits per heavy atom. The number of nitrogens with two attached hydrogens (primary N) is 1. The van der Waals surface area contributed by atoms with E-state index in [2.05, 4.69) is 5.32 Å². The van der Waals surface area contributed by atoms with Gasteiger partial charge in [-0.25, -0.2) is 13.6 Å². The van der Waals surface area contributed by atoms with Crippen LogP contribution in [0.25, 0.3) is 0 Å². The molecule has 0 bridgehead atoms. The highest BCUT2D eigenvalue weighted by Crippen LogP contribution is 2.18. The maximum atomic E-state index is 12.6. The molecule has 8 heteroatoms. The molecule has 0 fully saturated rings. The Labute approximate surface area is 159 Å². The summed E-state index contributed by atoms with van der Waals surface area (Å²) in [5.41, 5.74) is 3.21. The first kappa shape index (κ1) is 20.6. The summed E-state index contributed by atoms with van der Waals surface area (Å²) in [7, 11) is -2.46. The maximum Gasteiger partial charge on any atom is 0.254 e. The van der Waals surface area contributed by atoms with Gasteiger partial charge in [-0.1, -0.05) is 18.2 Å². The van der Waals surface area contributed by atoms with E-state index in [-0.39, 0.29) is 22.9 Å². The van der Waals surface area contributed by atoms with E-state index < -0.39 is 15.9 Å². The van der Waals surface area contributed by atoms with Gasteiger partial charge in [0.25, 0.3) is 5.91 Å². The van der Waals surface area contributed by atoms with Gasteiger partial charge < -0.3 is 10.2 Å². The summed E-state index contributed by atoms with van der Waals surface area (Å²) in [6.07, 6.45) is 0. The summed E-state index contributed by atoms with van der Waals surface area (Å²) in [4.78, 5) is 25.9. The van der Waals surface area contributed by atoms with Crippen LogP contribution in [0.2, 0.25) is 0 Å². The predicted molar refractivity (Wildman–Crippen MR) is 104 cm³/mol. The number of rotatable bonds is 5. The predicted octanol–water partition coefficient (Wildman–Crippen LogP) is 1.97. The van der Waals surface area contributed by atoms with Gasteiger partial charge in [0.2, 0.25) is 15.9 Å². The quantitative estimate of drug-likeness (QED) is 0.814. The third kappa shape index (κ3) is 5.15. The monoisotopic (exact) mass is 389 g/mol. The zero-order chi connectivity index (χ0) is 20.4. The highest BCUT2D eigenvalue weighted by Gasteiger charge is 2.19. The normalized spacial score (nSPS) is 11.1. The molecule has 0 aromatic heterocycles. The summed E-state index contributed by atoms with van der Waals surface area (Å²) in [5.74, 6) is -0.825. The van der Waals surface area contributed by atoms with E-state index in [0.29, 0.717) is 11.3 Å². The first-order valence-corrected chi connectivity index (χ1v) is 9.79. The second-order valence-electron chi connectivity index (χ2n) is 6.55. The number of carbonyl (C=O) groups is 2. The van der Waals surface area contributed by atoms with Gasteiger partial charge in [0, 0.05) is 18.3 Å². The SMILES string of the molecule is Cc1ccc(C)c(NC(=O)CN(C)C(=O)c2ccc(C)c(S(N)(=O)=O)c2)c1. The topological polar surface area (TPSA) is 110 Å². The fourth-order valence-electron chi connectivity index (χ4n) is 2.61. The molecule has 0 heterocycles. The molecule has 3 N–H and O–H groups in total. The van der Waals surface area contributed by atoms with E-state index in [9.17, 15) is 18.0 Å². The second kappa shape index (κ2) is 7.89. The summed E-state index contributed by atoms with van der Waals surface area (Å²) in [6, 6.07) is 9.95. The number of nitrogens with zero attached hydrogens (tertiary/aromatic N) is 1. The van der Waals surface area contributed by atoms with Crippen LogP contribution in [-0.2, 0) is 14.8 Å². The molecular weight excluding hydrogens is 366 g/mol. The van der Waals surface area contributed by atoms with E-state index in [1.54, 1.807) is 6.92 Å². The van der Waals surface area contributed by atoms with E-state index in [4.69, 9.17) is 5.14 Å². The third-order valence-corrected chi connectivity index (χ3v) is 5.19. The number of anilines is 1. The molecule has 0 atom stereocenters. The molecule has 144 valence electrons. The number of benzene rings is 2. The second-order valence-corrected chi connectivity index (χ2v) is 8.08. The van der Waals surface area contributed by atoms with Crippen molar-refractivity contribution in [3.63, 3.8) is 0 Å². The van der Waals surface area contributed by atoms with Gasteiger partial charge in [0.15, 0.2) is 0 Å². The van der Waals surface area contributed by atoms with Crippen LogP contribution in [0.4, 0.5) is 5.69 Å². The number of nitrogens with one attached hydrogen (secondary N) is 1. The molecule has 2 aromatic rings. The van der Waals surface area contributed by atoms with Crippen LogP contribution in [0, 0.1) is 20.8 Å². The van der Waals surface area contributed by atoms with Crippen LogP contribution in [-0.4, -0.2) is 38.7 Å². The van der Waals surface area contributed by atoms with Gasteiger partial charge in [-0.2, -0.15) is 0 Å². The van der Waals surface area contributed by atoms with Gasteiger partial charge in [-0.15, -0.1) is 0 Å². The molecule has 0 saturated carbocycles. The molecule has 0 radical (unpaired) electrons. The number of sulfonamides is 1. The van der Waals surface area contributed by atoms with Crippen LogP contribution < -0.4 is 10.5 Å². The molecular formula is C19H23N3O4S. The molecule has 0 aliphatic rings. The number of hydrogen-bond donors (Lipinski definition) is 2. The number of amides is 2. The van der Waals surface area contributed by atoms with E-state index >= 15 is 0 Å². The van der Waals surface area contributed by atoms with Gasteiger partial charge in [0.05, 0.1) is 11.4 Å². The summed E-state index contributed by atoms with van der Waals surface area (Å²) in [6.45, 7) is 5.22. The smallest absolute Gasteiger partial charge is 0.254 e. The lowest BCUT2D eigenvalue weighted by molar-refractivity contribution is -0.116. The van der Waals surface area contributed by atoms with Crippen LogP contribution >= 0.6 is 0 Å². The average molecular weight is 389 g/mol. The number of hydrogen-bond acceptors (Lipinski definition) is 4. The zero-order valence-corrected chi connectivity index (χ0v) is 16.6. The minimum Gasteiger partial charge on any atom is -0.332 e. The van der Waals surface area contributed by atoms with Crippen molar-refractivity contribution >= 4 is 27.5 Å². The molecule has 0 saturated heterocycles. The van der Waals surface area contributed by atoms with Crippen molar-refractivity contribution in [3.05, 3.63) is 58.7 Å². The largest absolute Gasteiger partial charge is 0.332 e. The Hall–Kier alpha value is -2.71. The van der Waals surface area contributed by atoms with E-state index in [0.717, 1.165) is 11.1 Å². The molecule has 27 heavy (non-hydrogen) atoms. The molecule has 7 nitrogen and oxygen atoms in total. The summed E-state index contributed by atoms with van der Waals surface area (Å²) >= 11 is 0. The van der Waals surface area contributed by atoms with Crippen molar-refractivity contribution < 1.29 is 18.0 Å². The van der Waals surface area contributed by atoms with Crippen LogP contribution in [0.5, 0.6) is 0 Å². The van der Waals surface area contributed by atoms with Gasteiger partial charge in [-0.05, 0) is 55.7 Å². The first-order valence-electron chi connectivity index (χ1n) is 8.25. The Morgan fingerprint density at radius 2 is 1.67 bits per heavy atom. The summed E-state index contributed by atoms with van der Waals surface area (Å²) < 4.78 is 23.3. The first-order chi connectivity index (χ1) is 12.5. The Bertz CT molecular complexity index is 1000. The third-order valence-electron chi connectivity index (χ3n) is 4.14. The van der Waals surface area contributed by atoms with Gasteiger partial charge in [-0.3, -0.25) is 9.59 Å². The number of primary sulfonamides is 1. The fraction of sp³-hybridized carbons (Fsp3) is 0.263. The molecule has 2 aromatic carbocycles. The van der Waals surface area contributed by atoms with Crippen molar-refractivity contribution in [2.24, 2.45) is 5.14 Å². The average Bonchev–Trinajstić information content (AvgIpc) is 2.56. The zero-order valence-electron chi connectivity index (χ0n) is 15.7. The van der Waals surface area contributed by atoms with E-state index in [1.807, 2.05) is 32.0 Å². The number of likely N-dealkylation sites (N-methyl/N-ethyl adjacent to an activating group) is 1. The van der Waals surface area contributed by atoms with Gasteiger partial charge >= 0.3 is 0 Å². The van der Waals surface area contributed by atoms with Crippen LogP contribution in [0.3, 0.4) is 0 Å². The van der Waals surface area contributed by atoms with Crippen molar-refractivity contribution in [3.8, 4) is 0 Å². The molecule has 2 amide bonds. The summed E-state index contributed by atoms with van der Waals surface area (Å²) in [5, 5.41) is 7.96. The Kier molecular flexibility index (Phi) is 6.02. The molecule has 0 unspecified atom stereocenters. The minimum absolute atomic E-state index is 0.110. The van der Waals surface area contributed by atoms with Crippen molar-refractivity contribution in [1.82, 2.24) is 4.90 Å². The molecule has 0 aliphatic carbocycles. The molecule has 0 aliphatic heterocycles. The lowest BCUT2D eigenvalue weighted by Gasteiger charge is -2.18. The number of aryl methyl sites for hydroxylation is 3. The lowest BCUT2D eigenvalue weighted by Crippen LogP contribution is -2.35. The number of carbonyl (C=O) groups excluding carboxylic acids is 2. The van der Waals surface area contributed by atoms with E-state index in [1.165, 1.54) is 30.1 Å².